The number of rotatable bonds is 7. The van der Waals surface area contributed by atoms with Gasteiger partial charge in [-0.2, -0.15) is 0 Å². The molecule has 0 aliphatic heterocycles. The van der Waals surface area contributed by atoms with Gasteiger partial charge in [0.1, 0.15) is 0 Å². The van der Waals surface area contributed by atoms with Gasteiger partial charge < -0.3 is 10.1 Å². The van der Waals surface area contributed by atoms with Crippen LogP contribution in [0.1, 0.15) is 43.0 Å². The summed E-state index contributed by atoms with van der Waals surface area (Å²) in [4.78, 5) is 12.9. The summed E-state index contributed by atoms with van der Waals surface area (Å²) < 4.78 is 4.84. The lowest BCUT2D eigenvalue weighted by atomic mass is 10.0. The van der Waals surface area contributed by atoms with E-state index in [1.54, 1.807) is 11.3 Å². The third kappa shape index (κ3) is 3.37. The fraction of sp³-hybridized carbons (Fsp3) is 0.667. The molecule has 0 bridgehead atoms. The Morgan fingerprint density at radius 2 is 2.11 bits per heavy atom. The van der Waals surface area contributed by atoms with Crippen LogP contribution in [0.25, 0.3) is 0 Å². The average Bonchev–Trinajstić information content (AvgIpc) is 3.34. The molecule has 3 rings (SSSR count). The maximum absolute atomic E-state index is 11.6. The number of carbonyl (C=O) groups excluding carboxylic acids is 1. The van der Waals surface area contributed by atoms with Crippen LogP contribution in [0.15, 0.2) is 17.5 Å². The Bertz CT molecular complexity index is 411. The molecule has 3 nitrogen and oxygen atoms in total. The summed E-state index contributed by atoms with van der Waals surface area (Å²) in [7, 11) is 1.47. The van der Waals surface area contributed by atoms with E-state index in [-0.39, 0.29) is 12.0 Å². The van der Waals surface area contributed by atoms with Gasteiger partial charge in [-0.05, 0) is 49.0 Å². The van der Waals surface area contributed by atoms with Crippen LogP contribution in [-0.4, -0.2) is 19.1 Å². The Morgan fingerprint density at radius 1 is 1.42 bits per heavy atom. The summed E-state index contributed by atoms with van der Waals surface area (Å²) in [6.07, 6.45) is 5.84. The van der Waals surface area contributed by atoms with E-state index in [1.807, 2.05) is 0 Å². The molecule has 0 radical (unpaired) electrons. The van der Waals surface area contributed by atoms with Gasteiger partial charge >= 0.3 is 5.97 Å². The SMILES string of the molecule is COC(=O)CC(NC(C1CC1)C1CC1)c1cccs1. The minimum atomic E-state index is -0.128. The highest BCUT2D eigenvalue weighted by Crippen LogP contribution is 2.45. The van der Waals surface area contributed by atoms with Gasteiger partial charge in [0, 0.05) is 10.9 Å². The molecule has 19 heavy (non-hydrogen) atoms. The minimum Gasteiger partial charge on any atom is -0.469 e. The summed E-state index contributed by atoms with van der Waals surface area (Å²) in [5, 5.41) is 5.83. The Balaban J connectivity index is 1.68. The van der Waals surface area contributed by atoms with Gasteiger partial charge in [-0.3, -0.25) is 4.79 Å². The second-order valence-electron chi connectivity index (χ2n) is 5.72. The van der Waals surface area contributed by atoms with Gasteiger partial charge in [-0.25, -0.2) is 0 Å². The molecule has 1 N–H and O–H groups in total. The largest absolute Gasteiger partial charge is 0.469 e. The molecule has 0 saturated heterocycles. The second kappa shape index (κ2) is 5.63. The van der Waals surface area contributed by atoms with Gasteiger partial charge in [-0.15, -0.1) is 11.3 Å². The number of nitrogens with one attached hydrogen (secondary N) is 1. The molecule has 0 spiro atoms. The van der Waals surface area contributed by atoms with Crippen molar-refractivity contribution in [1.82, 2.24) is 5.32 Å². The number of thiophene rings is 1. The first-order valence-corrected chi connectivity index (χ1v) is 8.02. The minimum absolute atomic E-state index is 0.124. The normalized spacial score (nSPS) is 20.5. The molecule has 2 fully saturated rings. The molecule has 1 aromatic heterocycles. The third-order valence-corrected chi connectivity index (χ3v) is 5.12. The second-order valence-corrected chi connectivity index (χ2v) is 6.69. The number of ether oxygens (including phenoxy) is 1. The topological polar surface area (TPSA) is 38.3 Å². The van der Waals surface area contributed by atoms with E-state index < -0.39 is 0 Å². The maximum Gasteiger partial charge on any atom is 0.307 e. The van der Waals surface area contributed by atoms with Gasteiger partial charge in [0.15, 0.2) is 0 Å². The van der Waals surface area contributed by atoms with E-state index in [9.17, 15) is 4.79 Å². The smallest absolute Gasteiger partial charge is 0.307 e. The molecule has 4 heteroatoms. The first-order chi connectivity index (χ1) is 9.28. The van der Waals surface area contributed by atoms with Crippen molar-refractivity contribution in [2.45, 2.75) is 44.2 Å². The molecular formula is C15H21NO2S. The number of hydrogen-bond acceptors (Lipinski definition) is 4. The highest BCUT2D eigenvalue weighted by Gasteiger charge is 2.42. The van der Waals surface area contributed by atoms with Crippen LogP contribution in [0.4, 0.5) is 0 Å². The lowest BCUT2D eigenvalue weighted by molar-refractivity contribution is -0.141. The van der Waals surface area contributed by atoms with Crippen molar-refractivity contribution in [3.05, 3.63) is 22.4 Å². The summed E-state index contributed by atoms with van der Waals surface area (Å²) in [5.74, 6) is 1.55. The number of carbonyl (C=O) groups is 1. The Morgan fingerprint density at radius 3 is 2.58 bits per heavy atom. The highest BCUT2D eigenvalue weighted by atomic mass is 32.1. The fourth-order valence-corrected chi connectivity index (χ4v) is 3.57. The Kier molecular flexibility index (Phi) is 3.89. The monoisotopic (exact) mass is 279 g/mol. The number of methoxy groups -OCH3 is 1. The van der Waals surface area contributed by atoms with Crippen molar-refractivity contribution < 1.29 is 9.53 Å². The highest BCUT2D eigenvalue weighted by molar-refractivity contribution is 7.10. The summed E-state index contributed by atoms with van der Waals surface area (Å²) in [6, 6.07) is 4.90. The molecule has 2 aliphatic carbocycles. The third-order valence-electron chi connectivity index (χ3n) is 4.14. The molecule has 0 amide bonds. The number of esters is 1. The van der Waals surface area contributed by atoms with Gasteiger partial charge in [-0.1, -0.05) is 6.07 Å². The first-order valence-electron chi connectivity index (χ1n) is 7.14. The molecule has 104 valence electrons. The molecule has 2 aliphatic rings. The lowest BCUT2D eigenvalue weighted by Crippen LogP contribution is -2.37. The molecule has 1 aromatic rings. The average molecular weight is 279 g/mol. The summed E-state index contributed by atoms with van der Waals surface area (Å²) in [5.41, 5.74) is 0. The van der Waals surface area contributed by atoms with Crippen molar-refractivity contribution in [3.63, 3.8) is 0 Å². The predicted octanol–water partition coefficient (Wildman–Crippen LogP) is 3.13. The number of hydrogen-bond donors (Lipinski definition) is 1. The van der Waals surface area contributed by atoms with Crippen molar-refractivity contribution in [3.8, 4) is 0 Å². The molecule has 1 heterocycles. The van der Waals surface area contributed by atoms with Crippen molar-refractivity contribution in [1.29, 1.82) is 0 Å². The summed E-state index contributed by atoms with van der Waals surface area (Å²) in [6.45, 7) is 0. The van der Waals surface area contributed by atoms with Crippen molar-refractivity contribution >= 4 is 17.3 Å². The summed E-state index contributed by atoms with van der Waals surface area (Å²) >= 11 is 1.72. The van der Waals surface area contributed by atoms with E-state index in [2.05, 4.69) is 22.8 Å². The van der Waals surface area contributed by atoms with E-state index in [4.69, 9.17) is 4.74 Å². The predicted molar refractivity (Wildman–Crippen MR) is 76.1 cm³/mol. The van der Waals surface area contributed by atoms with Crippen LogP contribution in [-0.2, 0) is 9.53 Å². The van der Waals surface area contributed by atoms with Crippen LogP contribution in [0.3, 0.4) is 0 Å². The zero-order valence-corrected chi connectivity index (χ0v) is 12.1. The van der Waals surface area contributed by atoms with E-state index in [0.717, 1.165) is 11.8 Å². The molecule has 1 atom stereocenters. The maximum atomic E-state index is 11.6. The van der Waals surface area contributed by atoms with E-state index in [1.165, 1.54) is 37.7 Å². The van der Waals surface area contributed by atoms with Crippen LogP contribution in [0.5, 0.6) is 0 Å². The zero-order valence-electron chi connectivity index (χ0n) is 11.3. The molecule has 1 unspecified atom stereocenters. The van der Waals surface area contributed by atoms with Crippen molar-refractivity contribution in [2.75, 3.05) is 7.11 Å². The molecule has 2 saturated carbocycles. The zero-order chi connectivity index (χ0) is 13.2. The Hall–Kier alpha value is -0.870. The van der Waals surface area contributed by atoms with E-state index >= 15 is 0 Å². The van der Waals surface area contributed by atoms with Gasteiger partial charge in [0.05, 0.1) is 19.6 Å². The van der Waals surface area contributed by atoms with Crippen LogP contribution in [0, 0.1) is 11.8 Å². The van der Waals surface area contributed by atoms with Gasteiger partial charge in [0.25, 0.3) is 0 Å². The van der Waals surface area contributed by atoms with Gasteiger partial charge in [0.2, 0.25) is 0 Å². The molecule has 0 aromatic carbocycles. The van der Waals surface area contributed by atoms with Crippen LogP contribution in [0.2, 0.25) is 0 Å². The molecular weight excluding hydrogens is 258 g/mol. The Labute approximate surface area is 118 Å². The first kappa shape index (κ1) is 13.1. The quantitative estimate of drug-likeness (QED) is 0.779. The van der Waals surface area contributed by atoms with Crippen molar-refractivity contribution in [2.24, 2.45) is 11.8 Å². The fourth-order valence-electron chi connectivity index (χ4n) is 2.78. The van der Waals surface area contributed by atoms with E-state index in [0.29, 0.717) is 12.5 Å². The standard InChI is InChI=1S/C15H21NO2S/c1-18-14(17)9-12(13-3-2-8-19-13)16-15(10-4-5-10)11-6-7-11/h2-3,8,10-12,15-16H,4-7,9H2,1H3. The van der Waals surface area contributed by atoms with Crippen LogP contribution < -0.4 is 5.32 Å². The lowest BCUT2D eigenvalue weighted by Gasteiger charge is -2.24. The van der Waals surface area contributed by atoms with Crippen LogP contribution >= 0.6 is 11.3 Å².